The maximum absolute atomic E-state index is 4.91. The third kappa shape index (κ3) is 2.38. The van der Waals surface area contributed by atoms with Gasteiger partial charge in [0.05, 0.1) is 5.69 Å². The minimum Gasteiger partial charge on any atom is -0.340 e. The van der Waals surface area contributed by atoms with Gasteiger partial charge in [-0.2, -0.15) is 4.98 Å². The van der Waals surface area contributed by atoms with Gasteiger partial charge >= 0.3 is 0 Å². The van der Waals surface area contributed by atoms with Crippen LogP contribution in [-0.2, 0) is 13.0 Å². The van der Waals surface area contributed by atoms with Crippen molar-refractivity contribution in [3.05, 3.63) is 48.5 Å². The topological polar surface area (TPSA) is 68.2 Å². The van der Waals surface area contributed by atoms with Crippen molar-refractivity contribution in [2.45, 2.75) is 13.0 Å². The summed E-state index contributed by atoms with van der Waals surface area (Å²) in [7, 11) is 0. The highest BCUT2D eigenvalue weighted by Gasteiger charge is 2.01. The Kier molecular flexibility index (Phi) is 3.01. The predicted octanol–water partition coefficient (Wildman–Crippen LogP) is 1.05. The molecule has 92 valence electrons. The first-order valence-corrected chi connectivity index (χ1v) is 5.81. The molecule has 0 fully saturated rings. The van der Waals surface area contributed by atoms with Gasteiger partial charge < -0.3 is 14.2 Å². The average Bonchev–Trinajstić information content (AvgIpc) is 3.03. The molecular weight excluding hydrogens is 230 g/mol. The zero-order valence-electron chi connectivity index (χ0n) is 9.78. The van der Waals surface area contributed by atoms with Gasteiger partial charge in [0.25, 0.3) is 0 Å². The molecule has 3 rings (SSSR count). The fourth-order valence-corrected chi connectivity index (χ4v) is 1.79. The molecule has 0 aromatic carbocycles. The molecule has 0 aliphatic heterocycles. The van der Waals surface area contributed by atoms with E-state index in [1.807, 2.05) is 35.0 Å². The van der Waals surface area contributed by atoms with Crippen LogP contribution >= 0.6 is 0 Å². The number of rotatable bonds is 5. The third-order valence-electron chi connectivity index (χ3n) is 2.64. The van der Waals surface area contributed by atoms with Gasteiger partial charge in [-0.05, 0) is 12.1 Å². The van der Waals surface area contributed by atoms with Crippen LogP contribution in [0.15, 0.2) is 41.4 Å². The summed E-state index contributed by atoms with van der Waals surface area (Å²) in [6.07, 6.45) is 6.16. The number of nitrogens with zero attached hydrogens (tertiary/aromatic N) is 4. The van der Waals surface area contributed by atoms with E-state index in [0.717, 1.165) is 30.9 Å². The first kappa shape index (κ1) is 10.9. The highest BCUT2D eigenvalue weighted by Crippen LogP contribution is 2.03. The Morgan fingerprint density at radius 2 is 2.33 bits per heavy atom. The standard InChI is InChI=1S/C12H13N5O/c1-2-6-17-8-10(16-11(17)3-1)7-13-5-4-12-14-9-15-18-12/h1-3,6,8-9,13H,4-5,7H2. The number of imidazole rings is 1. The Morgan fingerprint density at radius 3 is 3.17 bits per heavy atom. The average molecular weight is 243 g/mol. The van der Waals surface area contributed by atoms with Crippen molar-refractivity contribution in [2.24, 2.45) is 0 Å². The normalized spacial score (nSPS) is 11.1. The van der Waals surface area contributed by atoms with Crippen molar-refractivity contribution in [2.75, 3.05) is 6.54 Å². The molecular formula is C12H13N5O. The van der Waals surface area contributed by atoms with Crippen LogP contribution in [-0.4, -0.2) is 26.1 Å². The Labute approximate surface area is 104 Å². The van der Waals surface area contributed by atoms with E-state index in [2.05, 4.69) is 20.4 Å². The lowest BCUT2D eigenvalue weighted by Gasteiger charge is -1.98. The van der Waals surface area contributed by atoms with Gasteiger partial charge in [0.1, 0.15) is 5.65 Å². The maximum Gasteiger partial charge on any atom is 0.227 e. The first-order chi connectivity index (χ1) is 8.92. The summed E-state index contributed by atoms with van der Waals surface area (Å²) in [6, 6.07) is 5.96. The van der Waals surface area contributed by atoms with Crippen molar-refractivity contribution in [3.63, 3.8) is 0 Å². The Hall–Kier alpha value is -2.21. The minimum atomic E-state index is 0.650. The van der Waals surface area contributed by atoms with Crippen molar-refractivity contribution in [1.29, 1.82) is 0 Å². The summed E-state index contributed by atoms with van der Waals surface area (Å²) < 4.78 is 6.92. The molecule has 0 spiro atoms. The van der Waals surface area contributed by atoms with Crippen LogP contribution in [0.1, 0.15) is 11.6 Å². The lowest BCUT2D eigenvalue weighted by atomic mass is 10.4. The maximum atomic E-state index is 4.91. The van der Waals surface area contributed by atoms with E-state index in [0.29, 0.717) is 5.89 Å². The lowest BCUT2D eigenvalue weighted by molar-refractivity contribution is 0.375. The largest absolute Gasteiger partial charge is 0.340 e. The summed E-state index contributed by atoms with van der Waals surface area (Å²) >= 11 is 0. The van der Waals surface area contributed by atoms with E-state index in [9.17, 15) is 0 Å². The molecule has 3 aromatic heterocycles. The van der Waals surface area contributed by atoms with E-state index in [1.165, 1.54) is 6.33 Å². The van der Waals surface area contributed by atoms with Crippen LogP contribution in [0.4, 0.5) is 0 Å². The smallest absolute Gasteiger partial charge is 0.227 e. The second-order valence-electron chi connectivity index (χ2n) is 3.96. The number of hydrogen-bond donors (Lipinski definition) is 1. The predicted molar refractivity (Wildman–Crippen MR) is 64.9 cm³/mol. The third-order valence-corrected chi connectivity index (χ3v) is 2.64. The summed E-state index contributed by atoms with van der Waals surface area (Å²) in [5.41, 5.74) is 1.98. The number of hydrogen-bond acceptors (Lipinski definition) is 5. The van der Waals surface area contributed by atoms with Gasteiger partial charge in [-0.25, -0.2) is 4.98 Å². The van der Waals surface area contributed by atoms with Gasteiger partial charge in [0.2, 0.25) is 5.89 Å². The van der Waals surface area contributed by atoms with Crippen LogP contribution in [0, 0.1) is 0 Å². The first-order valence-electron chi connectivity index (χ1n) is 5.81. The minimum absolute atomic E-state index is 0.650. The van der Waals surface area contributed by atoms with Crippen molar-refractivity contribution in [3.8, 4) is 0 Å². The fraction of sp³-hybridized carbons (Fsp3) is 0.250. The monoisotopic (exact) mass is 243 g/mol. The quantitative estimate of drug-likeness (QED) is 0.678. The molecule has 3 aromatic rings. The molecule has 0 atom stereocenters. The molecule has 18 heavy (non-hydrogen) atoms. The van der Waals surface area contributed by atoms with Gasteiger partial charge in [-0.1, -0.05) is 11.2 Å². The molecule has 6 nitrogen and oxygen atoms in total. The molecule has 0 saturated heterocycles. The molecule has 0 bridgehead atoms. The van der Waals surface area contributed by atoms with E-state index >= 15 is 0 Å². The van der Waals surface area contributed by atoms with E-state index in [4.69, 9.17) is 4.52 Å². The van der Waals surface area contributed by atoms with Gasteiger partial charge in [-0.3, -0.25) is 0 Å². The summed E-state index contributed by atoms with van der Waals surface area (Å²) in [5.74, 6) is 0.650. The van der Waals surface area contributed by atoms with E-state index in [1.54, 1.807) is 0 Å². The molecule has 3 heterocycles. The number of aromatic nitrogens is 4. The molecule has 0 aliphatic carbocycles. The van der Waals surface area contributed by atoms with Crippen LogP contribution in [0.2, 0.25) is 0 Å². The summed E-state index contributed by atoms with van der Waals surface area (Å²) in [6.45, 7) is 1.52. The SMILES string of the molecule is c1ccn2cc(CNCCc3ncno3)nc2c1. The summed E-state index contributed by atoms with van der Waals surface area (Å²) in [4.78, 5) is 8.45. The van der Waals surface area contributed by atoms with Gasteiger partial charge in [0.15, 0.2) is 6.33 Å². The Morgan fingerprint density at radius 1 is 1.33 bits per heavy atom. The molecule has 6 heteroatoms. The molecule has 0 amide bonds. The van der Waals surface area contributed by atoms with Crippen LogP contribution in [0.3, 0.4) is 0 Å². The van der Waals surface area contributed by atoms with Crippen LogP contribution in [0.5, 0.6) is 0 Å². The zero-order valence-corrected chi connectivity index (χ0v) is 9.78. The zero-order chi connectivity index (χ0) is 12.2. The van der Waals surface area contributed by atoms with Gasteiger partial charge in [-0.15, -0.1) is 0 Å². The highest BCUT2D eigenvalue weighted by molar-refractivity contribution is 5.39. The Balaban J connectivity index is 1.53. The molecule has 0 aliphatic rings. The van der Waals surface area contributed by atoms with E-state index in [-0.39, 0.29) is 0 Å². The van der Waals surface area contributed by atoms with Crippen molar-refractivity contribution < 1.29 is 4.52 Å². The number of fused-ring (bicyclic) bond motifs is 1. The van der Waals surface area contributed by atoms with Crippen LogP contribution in [0.25, 0.3) is 5.65 Å². The van der Waals surface area contributed by atoms with Crippen molar-refractivity contribution >= 4 is 5.65 Å². The Bertz CT molecular complexity index is 583. The summed E-state index contributed by atoms with van der Waals surface area (Å²) in [5, 5.41) is 6.86. The van der Waals surface area contributed by atoms with Gasteiger partial charge in [0, 0.05) is 31.9 Å². The molecule has 0 radical (unpaired) electrons. The molecule has 1 N–H and O–H groups in total. The van der Waals surface area contributed by atoms with Crippen LogP contribution < -0.4 is 5.32 Å². The van der Waals surface area contributed by atoms with E-state index < -0.39 is 0 Å². The molecule has 0 saturated carbocycles. The second kappa shape index (κ2) is 4.97. The number of nitrogens with one attached hydrogen (secondary N) is 1. The fourth-order valence-electron chi connectivity index (χ4n) is 1.79. The molecule has 0 unspecified atom stereocenters. The second-order valence-corrected chi connectivity index (χ2v) is 3.96. The van der Waals surface area contributed by atoms with Crippen molar-refractivity contribution in [1.82, 2.24) is 24.8 Å². The highest BCUT2D eigenvalue weighted by atomic mass is 16.5. The lowest BCUT2D eigenvalue weighted by Crippen LogP contribution is -2.16. The number of pyridine rings is 1.